The lowest BCUT2D eigenvalue weighted by Crippen LogP contribution is -2.43. The molecule has 3 heterocycles. The Balaban J connectivity index is 1.35. The largest absolute Gasteiger partial charge is 0.424 e. The Hall–Kier alpha value is -3.32. The number of hydrogen-bond acceptors (Lipinski definition) is 7. The molecule has 2 aliphatic rings. The van der Waals surface area contributed by atoms with Gasteiger partial charge in [0.2, 0.25) is 5.89 Å². The fourth-order valence-corrected chi connectivity index (χ4v) is 5.10. The highest BCUT2D eigenvalue weighted by Gasteiger charge is 2.44. The third-order valence-corrected chi connectivity index (χ3v) is 6.61. The van der Waals surface area contributed by atoms with Crippen LogP contribution in [0.1, 0.15) is 30.1 Å². The van der Waals surface area contributed by atoms with Crippen LogP contribution in [0.4, 0.5) is 32.4 Å². The molecule has 2 aromatic heterocycles. The van der Waals surface area contributed by atoms with Gasteiger partial charge in [0.15, 0.2) is 5.82 Å². The van der Waals surface area contributed by atoms with Gasteiger partial charge in [-0.15, -0.1) is 5.10 Å². The summed E-state index contributed by atoms with van der Waals surface area (Å²) in [4.78, 5) is 6.17. The Morgan fingerprint density at radius 3 is 2.39 bits per heavy atom. The van der Waals surface area contributed by atoms with Crippen LogP contribution in [0.3, 0.4) is 0 Å². The first kappa shape index (κ1) is 24.4. The zero-order valence-electron chi connectivity index (χ0n) is 19.1. The molecule has 1 saturated carbocycles. The third kappa shape index (κ3) is 5.26. The van der Waals surface area contributed by atoms with Crippen LogP contribution in [-0.4, -0.2) is 44.2 Å². The van der Waals surface area contributed by atoms with Crippen molar-refractivity contribution in [2.75, 3.05) is 18.0 Å². The van der Waals surface area contributed by atoms with E-state index in [0.29, 0.717) is 42.2 Å². The monoisotopic (exact) mass is 516 g/mol. The highest BCUT2D eigenvalue weighted by atomic mass is 19.4. The van der Waals surface area contributed by atoms with E-state index < -0.39 is 30.5 Å². The highest BCUT2D eigenvalue weighted by molar-refractivity contribution is 5.32. The summed E-state index contributed by atoms with van der Waals surface area (Å²) in [6, 6.07) is 3.83. The SMILES string of the molecule is Cc1nnc(N2CC3CCC(C2)C3Cc2nc(Oc3cccc(C(F)(F)F)c3)n(CC(F)(F)F)n2)o1. The van der Waals surface area contributed by atoms with Gasteiger partial charge in [-0.05, 0) is 48.8 Å². The number of aromatic nitrogens is 5. The predicted octanol–water partition coefficient (Wildman–Crippen LogP) is 5.05. The van der Waals surface area contributed by atoms with Gasteiger partial charge in [-0.3, -0.25) is 0 Å². The normalized spacial score (nSPS) is 22.3. The molecule has 36 heavy (non-hydrogen) atoms. The van der Waals surface area contributed by atoms with Gasteiger partial charge in [0.1, 0.15) is 12.3 Å². The standard InChI is InChI=1S/C22H22F6N6O2/c1-12-30-31-20(35-12)33-9-13-5-6-14(10-33)17(13)8-18-29-19(34(32-18)11-21(23,24)25)36-16-4-2-3-15(7-16)22(26,27)28/h2-4,7,13-14,17H,5-6,8-11H2,1H3. The van der Waals surface area contributed by atoms with E-state index in [-0.39, 0.29) is 29.3 Å². The molecule has 2 unspecified atom stereocenters. The van der Waals surface area contributed by atoms with E-state index in [2.05, 4.69) is 20.3 Å². The summed E-state index contributed by atoms with van der Waals surface area (Å²) >= 11 is 0. The van der Waals surface area contributed by atoms with Gasteiger partial charge in [-0.2, -0.15) is 36.4 Å². The van der Waals surface area contributed by atoms with Crippen LogP contribution in [0.5, 0.6) is 11.8 Å². The number of fused-ring (bicyclic) bond motifs is 2. The fraction of sp³-hybridized carbons (Fsp3) is 0.545. The van der Waals surface area contributed by atoms with Gasteiger partial charge >= 0.3 is 24.4 Å². The molecule has 0 amide bonds. The number of aryl methyl sites for hydroxylation is 1. The average Bonchev–Trinajstić information content (AvgIpc) is 3.43. The quantitative estimate of drug-likeness (QED) is 0.424. The number of rotatable bonds is 6. The van der Waals surface area contributed by atoms with Gasteiger partial charge in [-0.1, -0.05) is 11.2 Å². The molecule has 2 bridgehead atoms. The van der Waals surface area contributed by atoms with Crippen molar-refractivity contribution in [3.8, 4) is 11.8 Å². The minimum Gasteiger partial charge on any atom is -0.424 e. The first-order valence-corrected chi connectivity index (χ1v) is 11.4. The Morgan fingerprint density at radius 1 is 1.06 bits per heavy atom. The maximum Gasteiger partial charge on any atom is 0.416 e. The molecule has 1 aliphatic carbocycles. The maximum atomic E-state index is 13.2. The second-order valence-corrected chi connectivity index (χ2v) is 9.19. The van der Waals surface area contributed by atoms with Gasteiger partial charge < -0.3 is 14.1 Å². The minimum atomic E-state index is -4.63. The van der Waals surface area contributed by atoms with E-state index in [1.165, 1.54) is 6.07 Å². The molecule has 1 aromatic carbocycles. The summed E-state index contributed by atoms with van der Waals surface area (Å²) in [7, 11) is 0. The van der Waals surface area contributed by atoms with Crippen LogP contribution in [-0.2, 0) is 19.1 Å². The van der Waals surface area contributed by atoms with Crippen molar-refractivity contribution in [1.29, 1.82) is 0 Å². The van der Waals surface area contributed by atoms with E-state index in [0.717, 1.165) is 25.0 Å². The fourth-order valence-electron chi connectivity index (χ4n) is 5.10. The number of anilines is 1. The summed E-state index contributed by atoms with van der Waals surface area (Å²) < 4.78 is 90.1. The Kier molecular flexibility index (Phi) is 6.07. The Morgan fingerprint density at radius 2 is 1.78 bits per heavy atom. The van der Waals surface area contributed by atoms with Crippen LogP contribution >= 0.6 is 0 Å². The second kappa shape index (κ2) is 8.96. The van der Waals surface area contributed by atoms with Crippen LogP contribution < -0.4 is 9.64 Å². The second-order valence-electron chi connectivity index (χ2n) is 9.19. The lowest BCUT2D eigenvalue weighted by atomic mass is 9.82. The van der Waals surface area contributed by atoms with Crippen molar-refractivity contribution < 1.29 is 35.5 Å². The molecular formula is C22H22F6N6O2. The number of hydrogen-bond donors (Lipinski definition) is 0. The number of benzene rings is 1. The van der Waals surface area contributed by atoms with E-state index in [1.54, 1.807) is 6.92 Å². The van der Waals surface area contributed by atoms with Crippen LogP contribution in [0, 0.1) is 24.7 Å². The smallest absolute Gasteiger partial charge is 0.416 e. The zero-order chi connectivity index (χ0) is 25.7. The molecule has 1 aliphatic heterocycles. The first-order valence-electron chi connectivity index (χ1n) is 11.4. The highest BCUT2D eigenvalue weighted by Crippen LogP contribution is 2.44. The molecule has 2 atom stereocenters. The summed E-state index contributed by atoms with van der Waals surface area (Å²) in [5.41, 5.74) is -0.984. The van der Waals surface area contributed by atoms with E-state index in [1.807, 2.05) is 4.90 Å². The lowest BCUT2D eigenvalue weighted by Gasteiger charge is -2.36. The number of halogens is 6. The molecule has 0 spiro atoms. The van der Waals surface area contributed by atoms with Crippen LogP contribution in [0.15, 0.2) is 28.7 Å². The van der Waals surface area contributed by atoms with Gasteiger partial charge in [0.05, 0.1) is 5.56 Å². The van der Waals surface area contributed by atoms with Crippen molar-refractivity contribution in [3.05, 3.63) is 41.5 Å². The van der Waals surface area contributed by atoms with Crippen molar-refractivity contribution in [3.63, 3.8) is 0 Å². The number of alkyl halides is 6. The zero-order valence-corrected chi connectivity index (χ0v) is 19.1. The molecule has 14 heteroatoms. The summed E-state index contributed by atoms with van der Waals surface area (Å²) in [5.74, 6) is 0.943. The minimum absolute atomic E-state index is 0.133. The predicted molar refractivity (Wildman–Crippen MR) is 112 cm³/mol. The van der Waals surface area contributed by atoms with Crippen molar-refractivity contribution >= 4 is 6.01 Å². The van der Waals surface area contributed by atoms with Crippen molar-refractivity contribution in [2.45, 2.75) is 45.1 Å². The van der Waals surface area contributed by atoms with E-state index in [9.17, 15) is 26.3 Å². The number of ether oxygens (including phenoxy) is 1. The van der Waals surface area contributed by atoms with Crippen LogP contribution in [0.2, 0.25) is 0 Å². The maximum absolute atomic E-state index is 13.2. The van der Waals surface area contributed by atoms with Crippen molar-refractivity contribution in [1.82, 2.24) is 25.0 Å². The topological polar surface area (TPSA) is 82.1 Å². The van der Waals surface area contributed by atoms with Gasteiger partial charge in [0.25, 0.3) is 0 Å². The number of nitrogens with zero attached hydrogens (tertiary/aromatic N) is 6. The Labute approximate surface area is 201 Å². The molecule has 3 aromatic rings. The van der Waals surface area contributed by atoms with Crippen molar-refractivity contribution in [2.24, 2.45) is 17.8 Å². The molecule has 2 fully saturated rings. The van der Waals surface area contributed by atoms with Gasteiger partial charge in [-0.25, -0.2) is 4.68 Å². The summed E-state index contributed by atoms with van der Waals surface area (Å²) in [6.45, 7) is 1.56. The molecule has 0 radical (unpaired) electrons. The summed E-state index contributed by atoms with van der Waals surface area (Å²) in [6.07, 6.45) is -7.04. The first-order chi connectivity index (χ1) is 16.9. The van der Waals surface area contributed by atoms with Gasteiger partial charge in [0, 0.05) is 26.4 Å². The average molecular weight is 516 g/mol. The molecule has 5 rings (SSSR count). The lowest BCUT2D eigenvalue weighted by molar-refractivity contribution is -0.143. The Bertz CT molecular complexity index is 1210. The molecule has 0 N–H and O–H groups in total. The van der Waals surface area contributed by atoms with E-state index >= 15 is 0 Å². The molecule has 8 nitrogen and oxygen atoms in total. The van der Waals surface area contributed by atoms with Crippen LogP contribution in [0.25, 0.3) is 0 Å². The molecule has 194 valence electrons. The summed E-state index contributed by atoms with van der Waals surface area (Å²) in [5, 5.41) is 12.0. The third-order valence-electron chi connectivity index (χ3n) is 6.61. The number of piperidine rings is 1. The molecule has 1 saturated heterocycles. The van der Waals surface area contributed by atoms with E-state index in [4.69, 9.17) is 9.15 Å². The molecular weight excluding hydrogens is 494 g/mol.